The van der Waals surface area contributed by atoms with E-state index in [1.165, 1.54) is 33.4 Å². The summed E-state index contributed by atoms with van der Waals surface area (Å²) in [4.78, 5) is 2.39. The van der Waals surface area contributed by atoms with E-state index in [0.29, 0.717) is 0 Å². The summed E-state index contributed by atoms with van der Waals surface area (Å²) in [5, 5.41) is 4.51. The first-order valence-electron chi connectivity index (χ1n) is 24.0. The van der Waals surface area contributed by atoms with Gasteiger partial charge in [-0.3, -0.25) is 0 Å². The zero-order valence-electron chi connectivity index (χ0n) is 38.1. The van der Waals surface area contributed by atoms with Gasteiger partial charge >= 0.3 is 0 Å². The highest BCUT2D eigenvalue weighted by molar-refractivity contribution is 6.10. The van der Waals surface area contributed by atoms with Gasteiger partial charge < -0.3 is 13.7 Å². The number of anilines is 3. The van der Waals surface area contributed by atoms with Gasteiger partial charge in [-0.25, -0.2) is 0 Å². The van der Waals surface area contributed by atoms with Crippen LogP contribution in [0.2, 0.25) is 0 Å². The molecular formula is C67H43NO2. The topological polar surface area (TPSA) is 29.5 Å². The van der Waals surface area contributed by atoms with Crippen molar-refractivity contribution in [2.45, 2.75) is 5.41 Å². The SMILES string of the molecule is c1ccc(C2(c3ccccc3)c3ccccc3-c3cc(N(c4ccc(-c5cccc(-c6ccc7oc8ccccc8c7c6)c5)cc4)c4ccc(-c5cccc6c5oc5ccccc56)cc4)ccc32)cc1. The number of rotatable bonds is 8. The standard InChI is InChI=1S/C67H43NO2/c1-3-17-49(18-4-1)67(50-19-5-2-6-20-50)61-26-10-7-21-55(61)59-43-53(38-39-62(59)67)68(52-36-31-45(32-37-52)54-24-14-25-58-56-22-8-12-28-64(56)70-66(54)58)51-34-29-44(30-35-51)46-15-13-16-47(41-46)48-33-40-65-60(42-48)57-23-9-11-27-63(57)69-65/h1-43H. The fourth-order valence-corrected chi connectivity index (χ4v) is 11.4. The minimum atomic E-state index is -0.481. The van der Waals surface area contributed by atoms with Gasteiger partial charge in [-0.2, -0.15) is 0 Å². The Morgan fingerprint density at radius 3 is 1.50 bits per heavy atom. The summed E-state index contributed by atoms with van der Waals surface area (Å²) in [6.45, 7) is 0. The van der Waals surface area contributed by atoms with Crippen LogP contribution in [0, 0.1) is 0 Å². The van der Waals surface area contributed by atoms with Crippen LogP contribution in [0.5, 0.6) is 0 Å². The molecule has 0 saturated carbocycles. The molecule has 1 aliphatic carbocycles. The van der Waals surface area contributed by atoms with E-state index in [4.69, 9.17) is 8.83 Å². The van der Waals surface area contributed by atoms with Gasteiger partial charge in [-0.1, -0.05) is 194 Å². The summed E-state index contributed by atoms with van der Waals surface area (Å²) >= 11 is 0. The summed E-state index contributed by atoms with van der Waals surface area (Å²) < 4.78 is 12.7. The summed E-state index contributed by atoms with van der Waals surface area (Å²) in [7, 11) is 0. The highest BCUT2D eigenvalue weighted by Crippen LogP contribution is 2.57. The van der Waals surface area contributed by atoms with E-state index in [-0.39, 0.29) is 0 Å². The molecule has 3 nitrogen and oxygen atoms in total. The normalized spacial score (nSPS) is 12.7. The minimum Gasteiger partial charge on any atom is -0.456 e. The lowest BCUT2D eigenvalue weighted by Gasteiger charge is -2.34. The van der Waals surface area contributed by atoms with E-state index in [2.05, 4.69) is 241 Å². The minimum absolute atomic E-state index is 0.481. The van der Waals surface area contributed by atoms with Gasteiger partial charge in [0.05, 0.1) is 5.41 Å². The molecule has 0 N–H and O–H groups in total. The van der Waals surface area contributed by atoms with Gasteiger partial charge in [0.15, 0.2) is 0 Å². The number of hydrogen-bond acceptors (Lipinski definition) is 3. The van der Waals surface area contributed by atoms with Crippen LogP contribution in [0.3, 0.4) is 0 Å². The molecule has 2 aromatic heterocycles. The second kappa shape index (κ2) is 16.0. The molecule has 0 spiro atoms. The predicted molar refractivity (Wildman–Crippen MR) is 289 cm³/mol. The monoisotopic (exact) mass is 893 g/mol. The molecule has 0 radical (unpaired) electrons. The molecule has 3 heteroatoms. The summed E-state index contributed by atoms with van der Waals surface area (Å²) in [5.41, 5.74) is 20.7. The van der Waals surface area contributed by atoms with Gasteiger partial charge in [0.25, 0.3) is 0 Å². The Balaban J connectivity index is 0.895. The van der Waals surface area contributed by atoms with E-state index in [1.54, 1.807) is 0 Å². The average Bonchev–Trinajstić information content (AvgIpc) is 4.10. The van der Waals surface area contributed by atoms with E-state index < -0.39 is 5.41 Å². The zero-order chi connectivity index (χ0) is 46.2. The van der Waals surface area contributed by atoms with Gasteiger partial charge in [-0.05, 0) is 128 Å². The van der Waals surface area contributed by atoms with Crippen LogP contribution in [-0.4, -0.2) is 0 Å². The van der Waals surface area contributed by atoms with Crippen molar-refractivity contribution in [3.8, 4) is 44.5 Å². The lowest BCUT2D eigenvalue weighted by molar-refractivity contribution is 0.669. The molecule has 328 valence electrons. The highest BCUT2D eigenvalue weighted by Gasteiger charge is 2.46. The van der Waals surface area contributed by atoms with Crippen LogP contribution in [0.1, 0.15) is 22.3 Å². The van der Waals surface area contributed by atoms with Gasteiger partial charge in [0.2, 0.25) is 0 Å². The molecule has 0 bridgehead atoms. The molecule has 14 rings (SSSR count). The first kappa shape index (κ1) is 39.9. The first-order valence-corrected chi connectivity index (χ1v) is 24.0. The molecule has 13 aromatic rings. The maximum atomic E-state index is 6.50. The molecule has 0 atom stereocenters. The zero-order valence-corrected chi connectivity index (χ0v) is 38.1. The van der Waals surface area contributed by atoms with Crippen molar-refractivity contribution in [3.05, 3.63) is 283 Å². The maximum absolute atomic E-state index is 6.50. The second-order valence-corrected chi connectivity index (χ2v) is 18.4. The van der Waals surface area contributed by atoms with Crippen molar-refractivity contribution >= 4 is 60.9 Å². The molecule has 0 saturated heterocycles. The van der Waals surface area contributed by atoms with Crippen molar-refractivity contribution in [2.75, 3.05) is 4.90 Å². The van der Waals surface area contributed by atoms with Gasteiger partial charge in [-0.15, -0.1) is 0 Å². The molecule has 0 fully saturated rings. The Labute approximate surface area is 405 Å². The number of furan rings is 2. The third-order valence-corrected chi connectivity index (χ3v) is 14.6. The average molecular weight is 894 g/mol. The van der Waals surface area contributed by atoms with Crippen LogP contribution >= 0.6 is 0 Å². The Morgan fingerprint density at radius 2 is 0.771 bits per heavy atom. The van der Waals surface area contributed by atoms with Crippen LogP contribution in [0.4, 0.5) is 17.1 Å². The highest BCUT2D eigenvalue weighted by atomic mass is 16.3. The molecule has 2 heterocycles. The largest absolute Gasteiger partial charge is 0.456 e. The van der Waals surface area contributed by atoms with E-state index in [9.17, 15) is 0 Å². The smallest absolute Gasteiger partial charge is 0.143 e. The number of nitrogens with zero attached hydrogens (tertiary/aromatic N) is 1. The fourth-order valence-electron chi connectivity index (χ4n) is 11.4. The summed E-state index contributed by atoms with van der Waals surface area (Å²) in [6.07, 6.45) is 0. The van der Waals surface area contributed by atoms with Crippen molar-refractivity contribution < 1.29 is 8.83 Å². The Kier molecular flexibility index (Phi) is 9.11. The maximum Gasteiger partial charge on any atom is 0.143 e. The van der Waals surface area contributed by atoms with Gasteiger partial charge in [0.1, 0.15) is 22.3 Å². The second-order valence-electron chi connectivity index (χ2n) is 18.4. The summed E-state index contributed by atoms with van der Waals surface area (Å²) in [6, 6.07) is 94.3. The molecule has 0 aliphatic heterocycles. The lowest BCUT2D eigenvalue weighted by Crippen LogP contribution is -2.28. The van der Waals surface area contributed by atoms with Crippen molar-refractivity contribution in [2.24, 2.45) is 0 Å². The van der Waals surface area contributed by atoms with E-state index in [0.717, 1.165) is 94.3 Å². The van der Waals surface area contributed by atoms with Crippen LogP contribution in [-0.2, 0) is 5.41 Å². The third-order valence-electron chi connectivity index (χ3n) is 14.6. The van der Waals surface area contributed by atoms with Crippen molar-refractivity contribution in [1.29, 1.82) is 0 Å². The molecule has 0 unspecified atom stereocenters. The molecule has 1 aliphatic rings. The quantitative estimate of drug-likeness (QED) is 0.152. The molecular weight excluding hydrogens is 851 g/mol. The fraction of sp³-hybridized carbons (Fsp3) is 0.0149. The molecule has 11 aromatic carbocycles. The first-order chi connectivity index (χ1) is 34.7. The van der Waals surface area contributed by atoms with E-state index in [1.807, 2.05) is 24.3 Å². The summed E-state index contributed by atoms with van der Waals surface area (Å²) in [5.74, 6) is 0. The van der Waals surface area contributed by atoms with Crippen LogP contribution < -0.4 is 4.90 Å². The van der Waals surface area contributed by atoms with Crippen LogP contribution in [0.15, 0.2) is 270 Å². The molecule has 0 amide bonds. The van der Waals surface area contributed by atoms with Crippen molar-refractivity contribution in [3.63, 3.8) is 0 Å². The number of hydrogen-bond donors (Lipinski definition) is 0. The number of fused-ring (bicyclic) bond motifs is 9. The lowest BCUT2D eigenvalue weighted by atomic mass is 9.68. The third kappa shape index (κ3) is 6.22. The Hall–Kier alpha value is -9.18. The molecule has 70 heavy (non-hydrogen) atoms. The van der Waals surface area contributed by atoms with Crippen molar-refractivity contribution in [1.82, 2.24) is 0 Å². The predicted octanol–water partition coefficient (Wildman–Crippen LogP) is 18.3. The van der Waals surface area contributed by atoms with Crippen LogP contribution in [0.25, 0.3) is 88.4 Å². The number of para-hydroxylation sites is 3. The van der Waals surface area contributed by atoms with Gasteiger partial charge in [0, 0.05) is 44.2 Å². The van der Waals surface area contributed by atoms with E-state index >= 15 is 0 Å². The Morgan fingerprint density at radius 1 is 0.271 bits per heavy atom. The Bertz CT molecular complexity index is 4070. The number of benzene rings is 11.